The number of hydrogen-bond donors (Lipinski definition) is 1. The molecule has 0 fully saturated rings. The molecule has 0 spiro atoms. The van der Waals surface area contributed by atoms with Gasteiger partial charge in [0.15, 0.2) is 11.5 Å². The molecule has 21 heavy (non-hydrogen) atoms. The molecule has 0 aliphatic carbocycles. The lowest BCUT2D eigenvalue weighted by molar-refractivity contribution is 0.373. The quantitative estimate of drug-likeness (QED) is 0.932. The van der Waals surface area contributed by atoms with Crippen LogP contribution >= 0.6 is 0 Å². The maximum Gasteiger partial charge on any atom is 0.219 e. The first-order chi connectivity index (χ1) is 9.94. The second-order valence-electron chi connectivity index (χ2n) is 5.93. The van der Waals surface area contributed by atoms with Crippen LogP contribution in [0.1, 0.15) is 31.9 Å². The minimum Gasteiger partial charge on any atom is -0.493 e. The maximum absolute atomic E-state index is 5.79. The van der Waals surface area contributed by atoms with E-state index < -0.39 is 0 Å². The third-order valence-corrected chi connectivity index (χ3v) is 3.28. The van der Waals surface area contributed by atoms with Gasteiger partial charge in [-0.3, -0.25) is 0 Å². The van der Waals surface area contributed by atoms with Crippen LogP contribution in [-0.4, -0.2) is 12.1 Å². The molecule has 2 rings (SSSR count). The normalized spacial score (nSPS) is 11.3. The van der Waals surface area contributed by atoms with Crippen LogP contribution in [0.15, 0.2) is 36.5 Å². The number of pyridine rings is 1. The van der Waals surface area contributed by atoms with Crippen LogP contribution < -0.4 is 15.2 Å². The first kappa shape index (κ1) is 15.3. The van der Waals surface area contributed by atoms with Gasteiger partial charge in [-0.15, -0.1) is 0 Å². The van der Waals surface area contributed by atoms with Gasteiger partial charge in [0.05, 0.1) is 7.11 Å². The fourth-order valence-corrected chi connectivity index (χ4v) is 1.92. The summed E-state index contributed by atoms with van der Waals surface area (Å²) in [5.74, 6) is 1.83. The van der Waals surface area contributed by atoms with Crippen molar-refractivity contribution in [1.82, 2.24) is 4.98 Å². The number of methoxy groups -OCH3 is 1. The standard InChI is InChI=1S/C17H22N2O2/c1-17(2,3)13-6-8-16(19-11-13)21-14-7-5-12(10-18)9-15(14)20-4/h5-9,11H,10,18H2,1-4H3. The summed E-state index contributed by atoms with van der Waals surface area (Å²) in [6.45, 7) is 6.92. The van der Waals surface area contributed by atoms with E-state index in [0.717, 1.165) is 5.56 Å². The highest BCUT2D eigenvalue weighted by Crippen LogP contribution is 2.32. The Hall–Kier alpha value is -2.07. The summed E-state index contributed by atoms with van der Waals surface area (Å²) in [4.78, 5) is 4.36. The first-order valence-corrected chi connectivity index (χ1v) is 6.95. The summed E-state index contributed by atoms with van der Waals surface area (Å²) in [6.07, 6.45) is 1.84. The Morgan fingerprint density at radius 3 is 2.38 bits per heavy atom. The molecular weight excluding hydrogens is 264 g/mol. The Morgan fingerprint density at radius 2 is 1.86 bits per heavy atom. The van der Waals surface area contributed by atoms with Crippen molar-refractivity contribution in [3.63, 3.8) is 0 Å². The zero-order valence-corrected chi connectivity index (χ0v) is 13.0. The summed E-state index contributed by atoms with van der Waals surface area (Å²) in [6, 6.07) is 9.54. The minimum absolute atomic E-state index is 0.0754. The third-order valence-electron chi connectivity index (χ3n) is 3.28. The second kappa shape index (κ2) is 6.14. The molecule has 1 aromatic carbocycles. The second-order valence-corrected chi connectivity index (χ2v) is 5.93. The van der Waals surface area contributed by atoms with Crippen molar-refractivity contribution in [2.24, 2.45) is 5.73 Å². The number of aromatic nitrogens is 1. The molecule has 0 atom stereocenters. The molecule has 0 saturated carbocycles. The highest BCUT2D eigenvalue weighted by atomic mass is 16.5. The average molecular weight is 286 g/mol. The van der Waals surface area contributed by atoms with Gasteiger partial charge < -0.3 is 15.2 Å². The highest BCUT2D eigenvalue weighted by Gasteiger charge is 2.14. The van der Waals surface area contributed by atoms with Gasteiger partial charge >= 0.3 is 0 Å². The van der Waals surface area contributed by atoms with Crippen LogP contribution in [0.2, 0.25) is 0 Å². The fraction of sp³-hybridized carbons (Fsp3) is 0.353. The van der Waals surface area contributed by atoms with Crippen molar-refractivity contribution in [2.45, 2.75) is 32.7 Å². The van der Waals surface area contributed by atoms with Gasteiger partial charge in [-0.05, 0) is 28.7 Å². The number of ether oxygens (including phenoxy) is 2. The zero-order chi connectivity index (χ0) is 15.5. The topological polar surface area (TPSA) is 57.4 Å². The van der Waals surface area contributed by atoms with E-state index in [0.29, 0.717) is 23.9 Å². The lowest BCUT2D eigenvalue weighted by Crippen LogP contribution is -2.11. The van der Waals surface area contributed by atoms with Crippen LogP contribution in [0.25, 0.3) is 0 Å². The Morgan fingerprint density at radius 1 is 1.10 bits per heavy atom. The van der Waals surface area contributed by atoms with E-state index >= 15 is 0 Å². The van der Waals surface area contributed by atoms with Crippen molar-refractivity contribution in [2.75, 3.05) is 7.11 Å². The summed E-state index contributed by atoms with van der Waals surface area (Å²) >= 11 is 0. The average Bonchev–Trinajstić information content (AvgIpc) is 2.47. The smallest absolute Gasteiger partial charge is 0.219 e. The number of benzene rings is 1. The van der Waals surface area contributed by atoms with Crippen LogP contribution in [-0.2, 0) is 12.0 Å². The van der Waals surface area contributed by atoms with E-state index in [1.54, 1.807) is 7.11 Å². The Bertz CT molecular complexity index is 601. The van der Waals surface area contributed by atoms with Crippen LogP contribution in [0, 0.1) is 0 Å². The van der Waals surface area contributed by atoms with Gasteiger partial charge in [0.2, 0.25) is 5.88 Å². The molecule has 0 saturated heterocycles. The molecule has 0 radical (unpaired) electrons. The predicted molar refractivity (Wildman–Crippen MR) is 83.9 cm³/mol. The van der Waals surface area contributed by atoms with Gasteiger partial charge in [-0.25, -0.2) is 4.98 Å². The van der Waals surface area contributed by atoms with Crippen molar-refractivity contribution >= 4 is 0 Å². The van der Waals surface area contributed by atoms with E-state index in [4.69, 9.17) is 15.2 Å². The monoisotopic (exact) mass is 286 g/mol. The number of nitrogens with zero attached hydrogens (tertiary/aromatic N) is 1. The maximum atomic E-state index is 5.79. The molecule has 1 heterocycles. The molecule has 0 aliphatic heterocycles. The van der Waals surface area contributed by atoms with Crippen molar-refractivity contribution in [1.29, 1.82) is 0 Å². The Labute approximate surface area is 125 Å². The van der Waals surface area contributed by atoms with Gasteiger partial charge in [0.1, 0.15) is 0 Å². The van der Waals surface area contributed by atoms with E-state index in [-0.39, 0.29) is 5.41 Å². The summed E-state index contributed by atoms with van der Waals surface area (Å²) < 4.78 is 11.1. The molecule has 112 valence electrons. The number of rotatable bonds is 4. The van der Waals surface area contributed by atoms with Gasteiger partial charge in [0, 0.05) is 18.8 Å². The Balaban J connectivity index is 2.22. The number of hydrogen-bond acceptors (Lipinski definition) is 4. The molecule has 1 aromatic heterocycles. The molecule has 2 N–H and O–H groups in total. The molecular formula is C17H22N2O2. The molecule has 0 amide bonds. The lowest BCUT2D eigenvalue weighted by Gasteiger charge is -2.18. The van der Waals surface area contributed by atoms with Crippen LogP contribution in [0.3, 0.4) is 0 Å². The summed E-state index contributed by atoms with van der Waals surface area (Å²) in [5.41, 5.74) is 7.86. The molecule has 0 bridgehead atoms. The van der Waals surface area contributed by atoms with Crippen LogP contribution in [0.5, 0.6) is 17.4 Å². The van der Waals surface area contributed by atoms with E-state index in [1.807, 2.05) is 36.5 Å². The molecule has 4 heteroatoms. The van der Waals surface area contributed by atoms with Gasteiger partial charge in [0.25, 0.3) is 0 Å². The lowest BCUT2D eigenvalue weighted by atomic mass is 9.88. The molecule has 0 aliphatic rings. The third kappa shape index (κ3) is 3.73. The summed E-state index contributed by atoms with van der Waals surface area (Å²) in [5, 5.41) is 0. The van der Waals surface area contributed by atoms with Crippen molar-refractivity contribution in [3.05, 3.63) is 47.7 Å². The molecule has 4 nitrogen and oxygen atoms in total. The van der Waals surface area contributed by atoms with Crippen LogP contribution in [0.4, 0.5) is 0 Å². The largest absolute Gasteiger partial charge is 0.493 e. The predicted octanol–water partition coefficient (Wildman–Crippen LogP) is 3.64. The zero-order valence-electron chi connectivity index (χ0n) is 13.0. The SMILES string of the molecule is COc1cc(CN)ccc1Oc1ccc(C(C)(C)C)cn1. The fourth-order valence-electron chi connectivity index (χ4n) is 1.92. The van der Waals surface area contributed by atoms with Gasteiger partial charge in [-0.1, -0.05) is 32.9 Å². The summed E-state index contributed by atoms with van der Waals surface area (Å²) in [7, 11) is 1.61. The van der Waals surface area contributed by atoms with Crippen molar-refractivity contribution in [3.8, 4) is 17.4 Å². The van der Waals surface area contributed by atoms with E-state index in [2.05, 4.69) is 25.8 Å². The number of nitrogens with two attached hydrogens (primary N) is 1. The first-order valence-electron chi connectivity index (χ1n) is 6.95. The van der Waals surface area contributed by atoms with E-state index in [9.17, 15) is 0 Å². The highest BCUT2D eigenvalue weighted by molar-refractivity contribution is 5.44. The van der Waals surface area contributed by atoms with Gasteiger partial charge in [-0.2, -0.15) is 0 Å². The van der Waals surface area contributed by atoms with Crippen molar-refractivity contribution < 1.29 is 9.47 Å². The minimum atomic E-state index is 0.0754. The molecule has 2 aromatic rings. The Kier molecular flexibility index (Phi) is 4.48. The molecule has 0 unspecified atom stereocenters. The van der Waals surface area contributed by atoms with E-state index in [1.165, 1.54) is 5.56 Å².